The lowest BCUT2D eigenvalue weighted by atomic mass is 9.91. The first kappa shape index (κ1) is 14.0. The first-order chi connectivity index (χ1) is 10.1. The molecule has 0 spiro atoms. The summed E-state index contributed by atoms with van der Waals surface area (Å²) in [6.45, 7) is 4.42. The van der Waals surface area contributed by atoms with E-state index in [1.807, 2.05) is 50.2 Å². The number of carbonyl (C=O) groups is 1. The van der Waals surface area contributed by atoms with Gasteiger partial charge in [-0.05, 0) is 43.2 Å². The van der Waals surface area contributed by atoms with Crippen LogP contribution in [0.3, 0.4) is 0 Å². The Balaban J connectivity index is 2.13. The van der Waals surface area contributed by atoms with Crippen LogP contribution in [0.25, 0.3) is 0 Å². The smallest absolute Gasteiger partial charge is 0.236 e. The SMILES string of the molecule is CCOc1ccccc1C1C(=O)Nc2cc(C)c(Cl)cc21. The molecule has 0 saturated carbocycles. The number of rotatable bonds is 3. The molecule has 0 bridgehead atoms. The normalized spacial score (nSPS) is 16.5. The van der Waals surface area contributed by atoms with Gasteiger partial charge < -0.3 is 10.1 Å². The molecule has 1 heterocycles. The molecule has 0 aliphatic carbocycles. The summed E-state index contributed by atoms with van der Waals surface area (Å²) in [6, 6.07) is 11.4. The van der Waals surface area contributed by atoms with Crippen LogP contribution >= 0.6 is 11.6 Å². The Bertz CT molecular complexity index is 712. The number of benzene rings is 2. The van der Waals surface area contributed by atoms with Crippen molar-refractivity contribution in [2.75, 3.05) is 11.9 Å². The number of anilines is 1. The van der Waals surface area contributed by atoms with Gasteiger partial charge in [0.05, 0.1) is 12.5 Å². The molecule has 21 heavy (non-hydrogen) atoms. The minimum absolute atomic E-state index is 0.0428. The highest BCUT2D eigenvalue weighted by atomic mass is 35.5. The highest BCUT2D eigenvalue weighted by molar-refractivity contribution is 6.31. The maximum Gasteiger partial charge on any atom is 0.236 e. The number of halogens is 1. The monoisotopic (exact) mass is 301 g/mol. The van der Waals surface area contributed by atoms with Crippen LogP contribution in [0.15, 0.2) is 36.4 Å². The van der Waals surface area contributed by atoms with Crippen molar-refractivity contribution < 1.29 is 9.53 Å². The summed E-state index contributed by atoms with van der Waals surface area (Å²) in [6.07, 6.45) is 0. The Hall–Kier alpha value is -2.00. The summed E-state index contributed by atoms with van der Waals surface area (Å²) in [7, 11) is 0. The zero-order valence-corrected chi connectivity index (χ0v) is 12.7. The second-order valence-electron chi connectivity index (χ2n) is 5.08. The van der Waals surface area contributed by atoms with Gasteiger partial charge >= 0.3 is 0 Å². The topological polar surface area (TPSA) is 38.3 Å². The van der Waals surface area contributed by atoms with E-state index in [0.29, 0.717) is 11.6 Å². The van der Waals surface area contributed by atoms with E-state index < -0.39 is 0 Å². The third kappa shape index (κ3) is 2.38. The highest BCUT2D eigenvalue weighted by Gasteiger charge is 2.34. The number of carbonyl (C=O) groups excluding carboxylic acids is 1. The fraction of sp³-hybridized carbons (Fsp3) is 0.235. The van der Waals surface area contributed by atoms with Gasteiger partial charge in [-0.25, -0.2) is 0 Å². The summed E-state index contributed by atoms with van der Waals surface area (Å²) in [5.41, 5.74) is 3.56. The number of amides is 1. The quantitative estimate of drug-likeness (QED) is 0.925. The minimum Gasteiger partial charge on any atom is -0.494 e. The number of hydrogen-bond acceptors (Lipinski definition) is 2. The molecule has 1 atom stereocenters. The zero-order chi connectivity index (χ0) is 15.0. The Kier molecular flexibility index (Phi) is 3.60. The zero-order valence-electron chi connectivity index (χ0n) is 11.9. The largest absolute Gasteiger partial charge is 0.494 e. The average Bonchev–Trinajstić information content (AvgIpc) is 2.76. The fourth-order valence-electron chi connectivity index (χ4n) is 2.70. The van der Waals surface area contributed by atoms with Gasteiger partial charge in [0, 0.05) is 16.3 Å². The van der Waals surface area contributed by atoms with Crippen molar-refractivity contribution in [3.63, 3.8) is 0 Å². The van der Waals surface area contributed by atoms with Gasteiger partial charge in [-0.3, -0.25) is 4.79 Å². The van der Waals surface area contributed by atoms with Crippen molar-refractivity contribution in [2.45, 2.75) is 19.8 Å². The van der Waals surface area contributed by atoms with Gasteiger partial charge in [0.2, 0.25) is 5.91 Å². The van der Waals surface area contributed by atoms with Crippen molar-refractivity contribution in [3.05, 3.63) is 58.1 Å². The van der Waals surface area contributed by atoms with E-state index >= 15 is 0 Å². The van der Waals surface area contributed by atoms with E-state index in [-0.39, 0.29) is 11.8 Å². The maximum absolute atomic E-state index is 12.4. The number of ether oxygens (including phenoxy) is 1. The molecule has 1 unspecified atom stereocenters. The predicted octanol–water partition coefficient (Wildman–Crippen LogP) is 4.13. The highest BCUT2D eigenvalue weighted by Crippen LogP contribution is 2.42. The third-order valence-corrected chi connectivity index (χ3v) is 4.10. The second-order valence-corrected chi connectivity index (χ2v) is 5.49. The van der Waals surface area contributed by atoms with Crippen LogP contribution in [0, 0.1) is 6.92 Å². The molecule has 0 radical (unpaired) electrons. The summed E-state index contributed by atoms with van der Waals surface area (Å²) in [5.74, 6) is 0.323. The van der Waals surface area contributed by atoms with Gasteiger partial charge in [0.15, 0.2) is 0 Å². The van der Waals surface area contributed by atoms with Crippen LogP contribution in [-0.2, 0) is 4.79 Å². The lowest BCUT2D eigenvalue weighted by Crippen LogP contribution is -2.14. The van der Waals surface area contributed by atoms with E-state index in [0.717, 1.165) is 28.1 Å². The molecule has 1 aliphatic rings. The number of hydrogen-bond donors (Lipinski definition) is 1. The van der Waals surface area contributed by atoms with Crippen LogP contribution < -0.4 is 10.1 Å². The molecule has 1 aliphatic heterocycles. The molecule has 1 amide bonds. The first-order valence-corrected chi connectivity index (χ1v) is 7.32. The third-order valence-electron chi connectivity index (χ3n) is 3.69. The van der Waals surface area contributed by atoms with Crippen LogP contribution in [-0.4, -0.2) is 12.5 Å². The lowest BCUT2D eigenvalue weighted by Gasteiger charge is -2.15. The van der Waals surface area contributed by atoms with E-state index in [2.05, 4.69) is 5.32 Å². The van der Waals surface area contributed by atoms with Gasteiger partial charge in [0.25, 0.3) is 0 Å². The molecule has 4 heteroatoms. The molecule has 0 aromatic heterocycles. The molecule has 0 fully saturated rings. The molecule has 1 N–H and O–H groups in total. The van der Waals surface area contributed by atoms with Crippen LogP contribution in [0.5, 0.6) is 5.75 Å². The molecular weight excluding hydrogens is 286 g/mol. The Morgan fingerprint density at radius 3 is 2.76 bits per heavy atom. The Labute approximate surface area is 128 Å². The predicted molar refractivity (Wildman–Crippen MR) is 84.3 cm³/mol. The van der Waals surface area contributed by atoms with Crippen molar-refractivity contribution in [3.8, 4) is 5.75 Å². The van der Waals surface area contributed by atoms with Crippen LogP contribution in [0.1, 0.15) is 29.5 Å². The summed E-state index contributed by atoms with van der Waals surface area (Å²) in [4.78, 5) is 12.4. The van der Waals surface area contributed by atoms with Crippen LogP contribution in [0.2, 0.25) is 5.02 Å². The summed E-state index contributed by atoms with van der Waals surface area (Å²) >= 11 is 6.22. The van der Waals surface area contributed by atoms with Gasteiger partial charge in [-0.1, -0.05) is 29.8 Å². The second kappa shape index (κ2) is 5.41. The molecule has 0 saturated heterocycles. The minimum atomic E-state index is -0.374. The lowest BCUT2D eigenvalue weighted by molar-refractivity contribution is -0.116. The molecule has 108 valence electrons. The summed E-state index contributed by atoms with van der Waals surface area (Å²) < 4.78 is 5.65. The molecule has 3 rings (SSSR count). The van der Waals surface area contributed by atoms with E-state index in [1.54, 1.807) is 0 Å². The maximum atomic E-state index is 12.4. The van der Waals surface area contributed by atoms with Crippen LogP contribution in [0.4, 0.5) is 5.69 Å². The van der Waals surface area contributed by atoms with Gasteiger partial charge in [0.1, 0.15) is 5.75 Å². The van der Waals surface area contributed by atoms with Gasteiger partial charge in [-0.15, -0.1) is 0 Å². The van der Waals surface area contributed by atoms with Crippen molar-refractivity contribution in [1.29, 1.82) is 0 Å². The Morgan fingerprint density at radius 1 is 1.24 bits per heavy atom. The Morgan fingerprint density at radius 2 is 2.00 bits per heavy atom. The van der Waals surface area contributed by atoms with Gasteiger partial charge in [-0.2, -0.15) is 0 Å². The molecular formula is C17H16ClNO2. The first-order valence-electron chi connectivity index (χ1n) is 6.94. The number of nitrogens with one attached hydrogen (secondary N) is 1. The molecule has 3 nitrogen and oxygen atoms in total. The van der Waals surface area contributed by atoms with Crippen molar-refractivity contribution in [2.24, 2.45) is 0 Å². The van der Waals surface area contributed by atoms with E-state index in [4.69, 9.17) is 16.3 Å². The molecule has 2 aromatic rings. The standard InChI is InChI=1S/C17H16ClNO2/c1-3-21-15-7-5-4-6-11(15)16-12-9-13(18)10(2)8-14(12)19-17(16)20/h4-9,16H,3H2,1-2H3,(H,19,20). The number of para-hydroxylation sites is 1. The number of aryl methyl sites for hydroxylation is 1. The summed E-state index contributed by atoms with van der Waals surface area (Å²) in [5, 5.41) is 3.60. The van der Waals surface area contributed by atoms with Crippen molar-refractivity contribution >= 4 is 23.2 Å². The average molecular weight is 302 g/mol. The fourth-order valence-corrected chi connectivity index (χ4v) is 2.88. The molecule has 2 aromatic carbocycles. The van der Waals surface area contributed by atoms with E-state index in [9.17, 15) is 4.79 Å². The van der Waals surface area contributed by atoms with E-state index in [1.165, 1.54) is 0 Å². The number of fused-ring (bicyclic) bond motifs is 1. The van der Waals surface area contributed by atoms with Crippen molar-refractivity contribution in [1.82, 2.24) is 0 Å².